The number of halogens is 1. The number of nitrogens with zero attached hydrogens (tertiary/aromatic N) is 2. The molecule has 3 nitrogen and oxygen atoms in total. The van der Waals surface area contributed by atoms with Crippen molar-refractivity contribution in [2.75, 3.05) is 31.6 Å². The molecule has 1 heterocycles. The second kappa shape index (κ2) is 6.79. The highest BCUT2D eigenvalue weighted by Crippen LogP contribution is 2.30. The Morgan fingerprint density at radius 3 is 2.80 bits per heavy atom. The van der Waals surface area contributed by atoms with Gasteiger partial charge in [0, 0.05) is 25.2 Å². The van der Waals surface area contributed by atoms with Crippen molar-refractivity contribution in [3.63, 3.8) is 0 Å². The molecule has 0 radical (unpaired) electrons. The molecule has 2 N–H and O–H groups in total. The van der Waals surface area contributed by atoms with E-state index in [1.165, 1.54) is 12.0 Å². The van der Waals surface area contributed by atoms with E-state index in [-0.39, 0.29) is 6.04 Å². The Labute approximate surface area is 127 Å². The fraction of sp³-hybridized carbons (Fsp3) is 0.625. The number of anilines is 1. The van der Waals surface area contributed by atoms with Crippen LogP contribution in [0.25, 0.3) is 0 Å². The first kappa shape index (κ1) is 15.6. The van der Waals surface area contributed by atoms with Crippen molar-refractivity contribution in [3.8, 4) is 0 Å². The van der Waals surface area contributed by atoms with Crippen LogP contribution < -0.4 is 10.6 Å². The van der Waals surface area contributed by atoms with Crippen LogP contribution in [0.3, 0.4) is 0 Å². The summed E-state index contributed by atoms with van der Waals surface area (Å²) in [4.78, 5) is 4.82. The van der Waals surface area contributed by atoms with Crippen molar-refractivity contribution in [3.05, 3.63) is 28.8 Å². The molecule has 1 aliphatic rings. The topological polar surface area (TPSA) is 32.5 Å². The van der Waals surface area contributed by atoms with E-state index in [1.54, 1.807) is 0 Å². The maximum atomic E-state index is 6.51. The normalized spacial score (nSPS) is 22.6. The summed E-state index contributed by atoms with van der Waals surface area (Å²) in [6, 6.07) is 7.04. The summed E-state index contributed by atoms with van der Waals surface area (Å²) in [6.07, 6.45) is 2.05. The van der Waals surface area contributed by atoms with Crippen LogP contribution in [0.1, 0.15) is 25.8 Å². The number of nitrogens with two attached hydrogens (primary N) is 1. The molecule has 0 amide bonds. The molecule has 1 aliphatic heterocycles. The number of benzene rings is 1. The highest BCUT2D eigenvalue weighted by molar-refractivity contribution is 6.33. The summed E-state index contributed by atoms with van der Waals surface area (Å²) >= 11 is 6.51. The van der Waals surface area contributed by atoms with Crippen molar-refractivity contribution >= 4 is 17.3 Å². The van der Waals surface area contributed by atoms with Crippen LogP contribution in [-0.4, -0.2) is 43.7 Å². The van der Waals surface area contributed by atoms with Crippen LogP contribution >= 0.6 is 11.6 Å². The standard InChI is InChI=1S/C16H26ClN3/c1-12(18)9-14-5-6-16(15(17)10-14)20-8-4-7-19(3)11-13(20)2/h5-6,10,12-13H,4,7-9,11,18H2,1-3H3. The maximum absolute atomic E-state index is 6.51. The molecular formula is C16H26ClN3. The smallest absolute Gasteiger partial charge is 0.0642 e. The van der Waals surface area contributed by atoms with E-state index < -0.39 is 0 Å². The molecule has 0 bridgehead atoms. The molecule has 2 atom stereocenters. The van der Waals surface area contributed by atoms with Gasteiger partial charge in [-0.1, -0.05) is 17.7 Å². The minimum absolute atomic E-state index is 0.169. The third-order valence-corrected chi connectivity index (χ3v) is 4.23. The third kappa shape index (κ3) is 3.87. The van der Waals surface area contributed by atoms with Crippen LogP contribution in [0.5, 0.6) is 0 Å². The molecule has 112 valence electrons. The Balaban J connectivity index is 2.19. The van der Waals surface area contributed by atoms with Crippen LogP contribution in [0.4, 0.5) is 5.69 Å². The van der Waals surface area contributed by atoms with Gasteiger partial charge in [0.05, 0.1) is 10.7 Å². The number of hydrogen-bond acceptors (Lipinski definition) is 3. The molecule has 2 unspecified atom stereocenters. The van der Waals surface area contributed by atoms with Crippen LogP contribution in [-0.2, 0) is 6.42 Å². The van der Waals surface area contributed by atoms with Gasteiger partial charge in [-0.3, -0.25) is 0 Å². The Hall–Kier alpha value is -0.770. The highest BCUT2D eigenvalue weighted by atomic mass is 35.5. The lowest BCUT2D eigenvalue weighted by molar-refractivity contribution is 0.337. The van der Waals surface area contributed by atoms with Gasteiger partial charge in [-0.25, -0.2) is 0 Å². The van der Waals surface area contributed by atoms with Gasteiger partial charge in [0.1, 0.15) is 0 Å². The first-order valence-corrected chi connectivity index (χ1v) is 7.84. The zero-order chi connectivity index (χ0) is 14.7. The lowest BCUT2D eigenvalue weighted by atomic mass is 10.1. The molecule has 4 heteroatoms. The third-order valence-electron chi connectivity index (χ3n) is 3.93. The lowest BCUT2D eigenvalue weighted by Crippen LogP contribution is -2.38. The Bertz CT molecular complexity index is 447. The Morgan fingerprint density at radius 1 is 1.40 bits per heavy atom. The predicted molar refractivity (Wildman–Crippen MR) is 87.7 cm³/mol. The van der Waals surface area contributed by atoms with E-state index in [0.717, 1.165) is 36.8 Å². The summed E-state index contributed by atoms with van der Waals surface area (Å²) < 4.78 is 0. The molecule has 2 rings (SSSR count). The second-order valence-electron chi connectivity index (χ2n) is 6.13. The molecule has 1 aromatic carbocycles. The fourth-order valence-corrected chi connectivity index (χ4v) is 3.32. The Morgan fingerprint density at radius 2 is 2.15 bits per heavy atom. The van der Waals surface area contributed by atoms with Crippen molar-refractivity contribution in [2.45, 2.75) is 38.8 Å². The largest absolute Gasteiger partial charge is 0.366 e. The van der Waals surface area contributed by atoms with Gasteiger partial charge in [-0.15, -0.1) is 0 Å². The van der Waals surface area contributed by atoms with Gasteiger partial charge in [-0.2, -0.15) is 0 Å². The number of likely N-dealkylation sites (N-methyl/N-ethyl adjacent to an activating group) is 1. The van der Waals surface area contributed by atoms with Gasteiger partial charge < -0.3 is 15.5 Å². The zero-order valence-electron chi connectivity index (χ0n) is 12.8. The molecule has 1 aromatic rings. The highest BCUT2D eigenvalue weighted by Gasteiger charge is 2.21. The van der Waals surface area contributed by atoms with Crippen molar-refractivity contribution in [2.24, 2.45) is 5.73 Å². The number of hydrogen-bond donors (Lipinski definition) is 1. The molecule has 1 fully saturated rings. The van der Waals surface area contributed by atoms with Gasteiger partial charge in [0.25, 0.3) is 0 Å². The Kier molecular flexibility index (Phi) is 5.30. The summed E-state index contributed by atoms with van der Waals surface area (Å²) in [5, 5.41) is 0.847. The molecule has 0 saturated carbocycles. The van der Waals surface area contributed by atoms with Gasteiger partial charge >= 0.3 is 0 Å². The minimum Gasteiger partial charge on any atom is -0.366 e. The SMILES string of the molecule is CC(N)Cc1ccc(N2CCCN(C)CC2C)c(Cl)c1. The van der Waals surface area contributed by atoms with Crippen LogP contribution in [0, 0.1) is 0 Å². The molecular weight excluding hydrogens is 270 g/mol. The quantitative estimate of drug-likeness (QED) is 0.931. The molecule has 1 saturated heterocycles. The predicted octanol–water partition coefficient (Wildman–Crippen LogP) is 2.76. The van der Waals surface area contributed by atoms with E-state index in [0.29, 0.717) is 6.04 Å². The average molecular weight is 296 g/mol. The fourth-order valence-electron chi connectivity index (χ4n) is 3.01. The molecule has 20 heavy (non-hydrogen) atoms. The summed E-state index contributed by atoms with van der Waals surface area (Å²) in [5.41, 5.74) is 8.23. The van der Waals surface area contributed by atoms with Crippen LogP contribution in [0.15, 0.2) is 18.2 Å². The summed E-state index contributed by atoms with van der Waals surface area (Å²) in [5.74, 6) is 0. The molecule has 0 aliphatic carbocycles. The van der Waals surface area contributed by atoms with Crippen LogP contribution in [0.2, 0.25) is 5.02 Å². The lowest BCUT2D eigenvalue weighted by Gasteiger charge is -2.31. The summed E-state index contributed by atoms with van der Waals surface area (Å²) in [7, 11) is 2.19. The molecule has 0 aromatic heterocycles. The van der Waals surface area contributed by atoms with Gasteiger partial charge in [0.15, 0.2) is 0 Å². The summed E-state index contributed by atoms with van der Waals surface area (Å²) in [6.45, 7) is 7.60. The van der Waals surface area contributed by atoms with E-state index in [1.807, 2.05) is 6.92 Å². The number of rotatable bonds is 3. The van der Waals surface area contributed by atoms with E-state index >= 15 is 0 Å². The van der Waals surface area contributed by atoms with Crippen molar-refractivity contribution < 1.29 is 0 Å². The molecule has 0 spiro atoms. The minimum atomic E-state index is 0.169. The van der Waals surface area contributed by atoms with E-state index in [2.05, 4.69) is 42.0 Å². The average Bonchev–Trinajstić information content (AvgIpc) is 2.50. The zero-order valence-corrected chi connectivity index (χ0v) is 13.5. The van der Waals surface area contributed by atoms with Gasteiger partial charge in [-0.05, 0) is 58.0 Å². The van der Waals surface area contributed by atoms with E-state index in [4.69, 9.17) is 17.3 Å². The maximum Gasteiger partial charge on any atom is 0.0642 e. The first-order chi connectivity index (χ1) is 9.47. The second-order valence-corrected chi connectivity index (χ2v) is 6.53. The van der Waals surface area contributed by atoms with Crippen molar-refractivity contribution in [1.29, 1.82) is 0 Å². The van der Waals surface area contributed by atoms with E-state index in [9.17, 15) is 0 Å². The monoisotopic (exact) mass is 295 g/mol. The van der Waals surface area contributed by atoms with Crippen molar-refractivity contribution in [1.82, 2.24) is 4.90 Å². The first-order valence-electron chi connectivity index (χ1n) is 7.46. The van der Waals surface area contributed by atoms with Gasteiger partial charge in [0.2, 0.25) is 0 Å².